The van der Waals surface area contributed by atoms with Crippen LogP contribution >= 0.6 is 0 Å². The molecule has 4 N–H and O–H groups in total. The summed E-state index contributed by atoms with van der Waals surface area (Å²) in [6.07, 6.45) is -0.333. The highest BCUT2D eigenvalue weighted by Gasteiger charge is 2.75. The van der Waals surface area contributed by atoms with Crippen LogP contribution in [0.1, 0.15) is 32.8 Å². The molecule has 144 valence electrons. The molecule has 0 unspecified atom stereocenters. The van der Waals surface area contributed by atoms with Crippen LogP contribution in [0.5, 0.6) is 0 Å². The van der Waals surface area contributed by atoms with Gasteiger partial charge in [0.05, 0.1) is 5.69 Å². The summed E-state index contributed by atoms with van der Waals surface area (Å²) in [5.74, 6) is -3.56. The van der Waals surface area contributed by atoms with Crippen molar-refractivity contribution in [1.29, 1.82) is 0 Å². The molecule has 0 saturated carbocycles. The number of aliphatic hydroxyl groups is 1. The van der Waals surface area contributed by atoms with E-state index in [1.54, 1.807) is 19.2 Å². The van der Waals surface area contributed by atoms with Gasteiger partial charge in [-0.05, 0) is 38.5 Å². The Hall–Kier alpha value is -2.32. The Morgan fingerprint density at radius 1 is 1.30 bits per heavy atom. The molecule has 2 saturated heterocycles. The molecule has 1 spiro atoms. The minimum atomic E-state index is -1.45. The Kier molecular flexibility index (Phi) is 3.91. The fraction of sp³-hybridized carbons (Fsp3) is 0.526. The van der Waals surface area contributed by atoms with Crippen LogP contribution in [0, 0.1) is 17.7 Å². The van der Waals surface area contributed by atoms with Gasteiger partial charge in [0.2, 0.25) is 17.4 Å². The minimum Gasteiger partial charge on any atom is -0.387 e. The molecule has 3 aliphatic rings. The number of hydrogen-bond donors (Lipinski definition) is 3. The summed E-state index contributed by atoms with van der Waals surface area (Å²) in [4.78, 5) is 40.7. The minimum absolute atomic E-state index is 0.307. The Morgan fingerprint density at radius 3 is 2.63 bits per heavy atom. The number of nitrogens with one attached hydrogen (secondary N) is 1. The molecule has 27 heavy (non-hydrogen) atoms. The molecule has 3 aliphatic heterocycles. The number of nitrogens with zero attached hydrogens (tertiary/aromatic N) is 1. The summed E-state index contributed by atoms with van der Waals surface area (Å²) in [6.45, 7) is 5.20. The van der Waals surface area contributed by atoms with Gasteiger partial charge in [-0.1, -0.05) is 6.92 Å². The number of benzene rings is 1. The largest absolute Gasteiger partial charge is 0.387 e. The average molecular weight is 376 g/mol. The number of aliphatic hydroxyl groups excluding tert-OH is 1. The predicted octanol–water partition coefficient (Wildman–Crippen LogP) is -0.301. The molecular formula is C19H23FN3O4+. The molecule has 3 heterocycles. The van der Waals surface area contributed by atoms with E-state index in [2.05, 4.69) is 5.32 Å². The fourth-order valence-electron chi connectivity index (χ4n) is 4.94. The van der Waals surface area contributed by atoms with Crippen LogP contribution in [-0.4, -0.2) is 45.9 Å². The maximum Gasteiger partial charge on any atom is 0.291 e. The third-order valence-corrected chi connectivity index (χ3v) is 6.39. The van der Waals surface area contributed by atoms with Gasteiger partial charge in [-0.2, -0.15) is 0 Å². The lowest BCUT2D eigenvalue weighted by Gasteiger charge is -2.29. The van der Waals surface area contributed by atoms with Crippen LogP contribution < -0.4 is 10.6 Å². The van der Waals surface area contributed by atoms with Gasteiger partial charge in [0.1, 0.15) is 29.8 Å². The first-order chi connectivity index (χ1) is 12.7. The standard InChI is InChI=1S/C19H22FN3O4/c1-4-8(2)23-16(25)13-14(17(23)26)19(22-15(13)9(3)24)11-7-10(20)5-6-12(11)21-18(19)27/h5-9,13-15,22,24H,4H2,1-3H3,(H,21,27)/p+1/t8-,9-,13+,14+,15+,19+/m1/s1. The molecular weight excluding hydrogens is 353 g/mol. The topological polar surface area (TPSA) is 103 Å². The summed E-state index contributed by atoms with van der Waals surface area (Å²) >= 11 is 0. The predicted molar refractivity (Wildman–Crippen MR) is 92.7 cm³/mol. The van der Waals surface area contributed by atoms with E-state index in [0.717, 1.165) is 0 Å². The molecule has 1 aromatic rings. The lowest BCUT2D eigenvalue weighted by molar-refractivity contribution is -0.738. The summed E-state index contributed by atoms with van der Waals surface area (Å²) in [5.41, 5.74) is -0.652. The zero-order chi connectivity index (χ0) is 19.7. The van der Waals surface area contributed by atoms with Gasteiger partial charge >= 0.3 is 0 Å². The van der Waals surface area contributed by atoms with Crippen LogP contribution in [-0.2, 0) is 19.9 Å². The van der Waals surface area contributed by atoms with Crippen molar-refractivity contribution in [3.63, 3.8) is 0 Å². The van der Waals surface area contributed by atoms with Gasteiger partial charge in [0, 0.05) is 11.6 Å². The second-order valence-electron chi connectivity index (χ2n) is 7.80. The number of rotatable bonds is 3. The molecule has 0 radical (unpaired) electrons. The number of imide groups is 1. The smallest absolute Gasteiger partial charge is 0.291 e. The third-order valence-electron chi connectivity index (χ3n) is 6.39. The van der Waals surface area contributed by atoms with Crippen molar-refractivity contribution in [1.82, 2.24) is 4.90 Å². The van der Waals surface area contributed by atoms with Gasteiger partial charge in [-0.15, -0.1) is 0 Å². The molecule has 0 aromatic heterocycles. The summed E-state index contributed by atoms with van der Waals surface area (Å²) < 4.78 is 14.0. The number of anilines is 1. The van der Waals surface area contributed by atoms with E-state index in [-0.39, 0.29) is 11.9 Å². The van der Waals surface area contributed by atoms with Gasteiger partial charge in [-0.3, -0.25) is 19.3 Å². The molecule has 8 heteroatoms. The molecule has 1 aromatic carbocycles. The lowest BCUT2D eigenvalue weighted by atomic mass is 9.76. The molecule has 3 amide bonds. The maximum absolute atomic E-state index is 14.0. The zero-order valence-electron chi connectivity index (χ0n) is 15.4. The number of likely N-dealkylation sites (tertiary alicyclic amines) is 1. The second kappa shape index (κ2) is 5.84. The van der Waals surface area contributed by atoms with Crippen LogP contribution in [0.15, 0.2) is 18.2 Å². The number of fused-ring (bicyclic) bond motifs is 4. The number of carbonyl (C=O) groups excluding carboxylic acids is 3. The molecule has 7 nitrogen and oxygen atoms in total. The molecule has 4 rings (SSSR count). The number of nitrogens with two attached hydrogens (primary N) is 1. The van der Waals surface area contributed by atoms with E-state index in [4.69, 9.17) is 0 Å². The highest BCUT2D eigenvalue weighted by molar-refractivity contribution is 6.14. The van der Waals surface area contributed by atoms with E-state index >= 15 is 0 Å². The number of hydrogen-bond acceptors (Lipinski definition) is 4. The summed E-state index contributed by atoms with van der Waals surface area (Å²) in [6, 6.07) is 2.97. The Bertz CT molecular complexity index is 857. The van der Waals surface area contributed by atoms with Crippen molar-refractivity contribution < 1.29 is 29.2 Å². The second-order valence-corrected chi connectivity index (χ2v) is 7.80. The molecule has 6 atom stereocenters. The summed E-state index contributed by atoms with van der Waals surface area (Å²) in [5, 5.41) is 14.6. The van der Waals surface area contributed by atoms with E-state index in [1.807, 2.05) is 6.92 Å². The first kappa shape index (κ1) is 18.1. The third kappa shape index (κ3) is 2.17. The number of quaternary nitrogens is 1. The first-order valence-electron chi connectivity index (χ1n) is 9.26. The van der Waals surface area contributed by atoms with Crippen molar-refractivity contribution in [2.24, 2.45) is 11.8 Å². The van der Waals surface area contributed by atoms with Crippen molar-refractivity contribution in [3.05, 3.63) is 29.6 Å². The van der Waals surface area contributed by atoms with Crippen molar-refractivity contribution in [3.8, 4) is 0 Å². The van der Waals surface area contributed by atoms with Crippen molar-refractivity contribution in [2.75, 3.05) is 5.32 Å². The van der Waals surface area contributed by atoms with E-state index in [1.165, 1.54) is 23.1 Å². The summed E-state index contributed by atoms with van der Waals surface area (Å²) in [7, 11) is 0. The Balaban J connectivity index is 1.92. The molecule has 0 aliphatic carbocycles. The Labute approximate surface area is 155 Å². The first-order valence-corrected chi connectivity index (χ1v) is 9.26. The monoisotopic (exact) mass is 376 g/mol. The lowest BCUT2D eigenvalue weighted by Crippen LogP contribution is -3.00. The Morgan fingerprint density at radius 2 is 2.00 bits per heavy atom. The van der Waals surface area contributed by atoms with Gasteiger partial charge in [-0.25, -0.2) is 4.39 Å². The van der Waals surface area contributed by atoms with Crippen LogP contribution in [0.25, 0.3) is 0 Å². The number of amides is 3. The zero-order valence-corrected chi connectivity index (χ0v) is 15.4. The number of halogens is 1. The van der Waals surface area contributed by atoms with Crippen molar-refractivity contribution in [2.45, 2.75) is 50.9 Å². The number of carbonyl (C=O) groups is 3. The normalized spacial score (nSPS) is 34.0. The van der Waals surface area contributed by atoms with Gasteiger partial charge < -0.3 is 15.7 Å². The van der Waals surface area contributed by atoms with E-state index < -0.39 is 47.2 Å². The van der Waals surface area contributed by atoms with E-state index in [0.29, 0.717) is 17.7 Å². The highest BCUT2D eigenvalue weighted by atomic mass is 19.1. The molecule has 0 bridgehead atoms. The average Bonchev–Trinajstić information content (AvgIpc) is 3.20. The van der Waals surface area contributed by atoms with Gasteiger partial charge in [0.25, 0.3) is 5.91 Å². The van der Waals surface area contributed by atoms with E-state index in [9.17, 15) is 23.9 Å². The van der Waals surface area contributed by atoms with Crippen LogP contribution in [0.2, 0.25) is 0 Å². The van der Waals surface area contributed by atoms with Crippen LogP contribution in [0.4, 0.5) is 10.1 Å². The molecule has 2 fully saturated rings. The highest BCUT2D eigenvalue weighted by Crippen LogP contribution is 2.49. The van der Waals surface area contributed by atoms with Crippen molar-refractivity contribution >= 4 is 23.4 Å². The SMILES string of the molecule is CC[C@@H](C)N1C(=O)[C@@H]2[C@H]([C@@H](C)O)[NH2+][C@]3(C(=O)Nc4ccc(F)cc43)[C@@H]2C1=O. The van der Waals surface area contributed by atoms with Gasteiger partial charge in [0.15, 0.2) is 0 Å². The maximum atomic E-state index is 14.0. The quantitative estimate of drug-likeness (QED) is 0.630. The fourth-order valence-corrected chi connectivity index (χ4v) is 4.94. The van der Waals surface area contributed by atoms with Crippen LogP contribution in [0.3, 0.4) is 0 Å².